The fourth-order valence-corrected chi connectivity index (χ4v) is 2.99. The number of carbonyl (C=O) groups is 1. The van der Waals surface area contributed by atoms with E-state index in [-0.39, 0.29) is 6.09 Å². The summed E-state index contributed by atoms with van der Waals surface area (Å²) in [7, 11) is 0. The average molecular weight is 369 g/mol. The number of piperidine rings is 1. The molecule has 1 aliphatic rings. The van der Waals surface area contributed by atoms with Crippen molar-refractivity contribution in [1.29, 1.82) is 0 Å². The van der Waals surface area contributed by atoms with Crippen LogP contribution in [0.1, 0.15) is 39.2 Å². The molecule has 1 heterocycles. The first-order chi connectivity index (χ1) is 10.3. The van der Waals surface area contributed by atoms with Crippen LogP contribution in [-0.2, 0) is 11.3 Å². The van der Waals surface area contributed by atoms with E-state index in [1.54, 1.807) is 0 Å². The molecular weight excluding hydrogens is 344 g/mol. The van der Waals surface area contributed by atoms with Crippen LogP contribution < -0.4 is 5.32 Å². The maximum Gasteiger partial charge on any atom is 0.410 e. The van der Waals surface area contributed by atoms with Crippen LogP contribution in [0.2, 0.25) is 0 Å². The van der Waals surface area contributed by atoms with Gasteiger partial charge in [0, 0.05) is 30.1 Å². The lowest BCUT2D eigenvalue weighted by atomic mass is 10.1. The van der Waals surface area contributed by atoms with Crippen molar-refractivity contribution in [2.75, 3.05) is 13.1 Å². The van der Waals surface area contributed by atoms with Gasteiger partial charge in [-0.1, -0.05) is 28.1 Å². The van der Waals surface area contributed by atoms with E-state index in [0.717, 1.165) is 30.4 Å². The van der Waals surface area contributed by atoms with Gasteiger partial charge in [-0.3, -0.25) is 0 Å². The number of halogens is 1. The van der Waals surface area contributed by atoms with Crippen LogP contribution >= 0.6 is 15.9 Å². The lowest BCUT2D eigenvalue weighted by molar-refractivity contribution is 0.0187. The third kappa shape index (κ3) is 5.61. The van der Waals surface area contributed by atoms with Crippen molar-refractivity contribution in [3.05, 3.63) is 34.3 Å². The highest BCUT2D eigenvalue weighted by molar-refractivity contribution is 9.10. The van der Waals surface area contributed by atoms with Gasteiger partial charge in [0.25, 0.3) is 0 Å². The maximum atomic E-state index is 12.1. The molecule has 4 nitrogen and oxygen atoms in total. The molecule has 1 amide bonds. The fourth-order valence-electron chi connectivity index (χ4n) is 2.55. The van der Waals surface area contributed by atoms with Crippen LogP contribution in [0.4, 0.5) is 4.79 Å². The minimum absolute atomic E-state index is 0.207. The minimum atomic E-state index is -0.437. The van der Waals surface area contributed by atoms with Gasteiger partial charge >= 0.3 is 6.09 Å². The van der Waals surface area contributed by atoms with E-state index in [4.69, 9.17) is 4.74 Å². The molecular formula is C17H25BrN2O2. The number of rotatable bonds is 3. The number of nitrogens with one attached hydrogen (secondary N) is 1. The van der Waals surface area contributed by atoms with Crippen molar-refractivity contribution in [3.63, 3.8) is 0 Å². The molecule has 0 spiro atoms. The summed E-state index contributed by atoms with van der Waals surface area (Å²) < 4.78 is 6.55. The third-order valence-electron chi connectivity index (χ3n) is 3.56. The van der Waals surface area contributed by atoms with Crippen LogP contribution in [0.25, 0.3) is 0 Å². The Hall–Kier alpha value is -1.07. The Bertz CT molecular complexity index is 514. The highest BCUT2D eigenvalue weighted by Gasteiger charge is 2.27. The van der Waals surface area contributed by atoms with Gasteiger partial charge in [0.15, 0.2) is 0 Å². The number of hydrogen-bond donors (Lipinski definition) is 1. The van der Waals surface area contributed by atoms with Crippen LogP contribution in [0.3, 0.4) is 0 Å². The smallest absolute Gasteiger partial charge is 0.410 e. The zero-order valence-corrected chi connectivity index (χ0v) is 15.1. The quantitative estimate of drug-likeness (QED) is 0.878. The molecule has 0 saturated carbocycles. The molecule has 1 atom stereocenters. The van der Waals surface area contributed by atoms with Crippen molar-refractivity contribution >= 4 is 22.0 Å². The van der Waals surface area contributed by atoms with Gasteiger partial charge in [-0.05, 0) is 51.3 Å². The Morgan fingerprint density at radius 3 is 2.91 bits per heavy atom. The minimum Gasteiger partial charge on any atom is -0.444 e. The summed E-state index contributed by atoms with van der Waals surface area (Å²) in [5.74, 6) is 0. The third-order valence-corrected chi connectivity index (χ3v) is 4.05. The monoisotopic (exact) mass is 368 g/mol. The Morgan fingerprint density at radius 2 is 2.23 bits per heavy atom. The topological polar surface area (TPSA) is 41.6 Å². The lowest BCUT2D eigenvalue weighted by Gasteiger charge is -2.34. The van der Waals surface area contributed by atoms with Crippen LogP contribution in [-0.4, -0.2) is 35.7 Å². The molecule has 0 aliphatic carbocycles. The van der Waals surface area contributed by atoms with E-state index < -0.39 is 5.60 Å². The highest BCUT2D eigenvalue weighted by atomic mass is 79.9. The molecule has 122 valence electrons. The molecule has 1 fully saturated rings. The summed E-state index contributed by atoms with van der Waals surface area (Å²) in [5, 5.41) is 3.54. The first kappa shape index (κ1) is 17.3. The number of hydrogen-bond acceptors (Lipinski definition) is 3. The van der Waals surface area contributed by atoms with Gasteiger partial charge in [-0.2, -0.15) is 0 Å². The highest BCUT2D eigenvalue weighted by Crippen LogP contribution is 2.16. The maximum absolute atomic E-state index is 12.1. The molecule has 1 N–H and O–H groups in total. The lowest BCUT2D eigenvalue weighted by Crippen LogP contribution is -2.49. The van der Waals surface area contributed by atoms with E-state index >= 15 is 0 Å². The summed E-state index contributed by atoms with van der Waals surface area (Å²) in [6.45, 7) is 8.01. The van der Waals surface area contributed by atoms with Crippen molar-refractivity contribution in [1.82, 2.24) is 10.2 Å². The normalized spacial score (nSPS) is 19.1. The van der Waals surface area contributed by atoms with E-state index in [0.29, 0.717) is 12.6 Å². The van der Waals surface area contributed by atoms with Gasteiger partial charge in [-0.25, -0.2) is 4.79 Å². The molecule has 0 aromatic heterocycles. The molecule has 5 heteroatoms. The number of benzene rings is 1. The Morgan fingerprint density at radius 1 is 1.45 bits per heavy atom. The number of ether oxygens (including phenoxy) is 1. The van der Waals surface area contributed by atoms with Crippen molar-refractivity contribution in [2.24, 2.45) is 0 Å². The molecule has 1 unspecified atom stereocenters. The molecule has 0 bridgehead atoms. The molecule has 2 rings (SSSR count). The van der Waals surface area contributed by atoms with Crippen LogP contribution in [0.15, 0.2) is 28.7 Å². The largest absolute Gasteiger partial charge is 0.444 e. The molecule has 22 heavy (non-hydrogen) atoms. The first-order valence-corrected chi connectivity index (χ1v) is 8.58. The Labute approximate surface area is 141 Å². The van der Waals surface area contributed by atoms with Gasteiger partial charge in [0.1, 0.15) is 5.60 Å². The first-order valence-electron chi connectivity index (χ1n) is 7.79. The second-order valence-corrected chi connectivity index (χ2v) is 7.69. The summed E-state index contributed by atoms with van der Waals surface area (Å²) in [5.41, 5.74) is 0.803. The fraction of sp³-hybridized carbons (Fsp3) is 0.588. The number of amides is 1. The molecule has 1 aliphatic heterocycles. The predicted molar refractivity (Wildman–Crippen MR) is 91.8 cm³/mol. The van der Waals surface area contributed by atoms with E-state index in [2.05, 4.69) is 33.4 Å². The molecule has 1 aromatic carbocycles. The van der Waals surface area contributed by atoms with Gasteiger partial charge in [0.05, 0.1) is 0 Å². The van der Waals surface area contributed by atoms with Gasteiger partial charge in [0.2, 0.25) is 0 Å². The second kappa shape index (κ2) is 7.47. The zero-order chi connectivity index (χ0) is 16.2. The summed E-state index contributed by atoms with van der Waals surface area (Å²) >= 11 is 3.49. The zero-order valence-electron chi connectivity index (χ0n) is 13.6. The standard InChI is InChI=1S/C17H25BrN2O2/c1-17(2,3)22-16(21)20-9-5-8-15(12-20)19-11-13-6-4-7-14(18)10-13/h4,6-7,10,15,19H,5,8-9,11-12H2,1-3H3. The van der Waals surface area contributed by atoms with E-state index in [1.165, 1.54) is 5.56 Å². The van der Waals surface area contributed by atoms with Gasteiger partial charge < -0.3 is 15.0 Å². The number of carbonyl (C=O) groups excluding carboxylic acids is 1. The molecule has 1 aromatic rings. The average Bonchev–Trinajstić information content (AvgIpc) is 2.44. The Kier molecular flexibility index (Phi) is 5.87. The van der Waals surface area contributed by atoms with E-state index in [1.807, 2.05) is 37.8 Å². The summed E-state index contributed by atoms with van der Waals surface area (Å²) in [4.78, 5) is 14.0. The molecule has 1 saturated heterocycles. The van der Waals surface area contributed by atoms with Gasteiger partial charge in [-0.15, -0.1) is 0 Å². The Balaban J connectivity index is 1.84. The summed E-state index contributed by atoms with van der Waals surface area (Å²) in [6.07, 6.45) is 1.89. The van der Waals surface area contributed by atoms with E-state index in [9.17, 15) is 4.79 Å². The van der Waals surface area contributed by atoms with Crippen LogP contribution in [0.5, 0.6) is 0 Å². The van der Waals surface area contributed by atoms with Crippen LogP contribution in [0, 0.1) is 0 Å². The predicted octanol–water partition coefficient (Wildman–Crippen LogP) is 3.94. The van der Waals surface area contributed by atoms with Crippen molar-refractivity contribution < 1.29 is 9.53 Å². The SMILES string of the molecule is CC(C)(C)OC(=O)N1CCCC(NCc2cccc(Br)c2)C1. The molecule has 0 radical (unpaired) electrons. The van der Waals surface area contributed by atoms with Crippen molar-refractivity contribution in [2.45, 2.75) is 51.8 Å². The number of likely N-dealkylation sites (tertiary alicyclic amines) is 1. The number of nitrogens with zero attached hydrogens (tertiary/aromatic N) is 1. The van der Waals surface area contributed by atoms with Crippen molar-refractivity contribution in [3.8, 4) is 0 Å². The summed E-state index contributed by atoms with van der Waals surface area (Å²) in [6, 6.07) is 8.59. The second-order valence-electron chi connectivity index (χ2n) is 6.78.